The van der Waals surface area contributed by atoms with E-state index in [2.05, 4.69) is 40.1 Å². The van der Waals surface area contributed by atoms with E-state index in [1.165, 1.54) is 5.56 Å². The number of carbonyl (C=O) groups excluding carboxylic acids is 1. The maximum absolute atomic E-state index is 11.3. The summed E-state index contributed by atoms with van der Waals surface area (Å²) in [7, 11) is 0. The van der Waals surface area contributed by atoms with Crippen LogP contribution in [0.25, 0.3) is 0 Å². The minimum absolute atomic E-state index is 0.0600. The van der Waals surface area contributed by atoms with Gasteiger partial charge >= 0.3 is 5.97 Å². The predicted octanol–water partition coefficient (Wildman–Crippen LogP) is 2.54. The van der Waals surface area contributed by atoms with Crippen molar-refractivity contribution in [1.82, 2.24) is 9.80 Å². The Kier molecular flexibility index (Phi) is 7.40. The number of carbonyl (C=O) groups is 1. The number of ether oxygens (including phenoxy) is 1. The van der Waals surface area contributed by atoms with E-state index in [9.17, 15) is 4.79 Å². The van der Waals surface area contributed by atoms with Crippen LogP contribution in [0.5, 0.6) is 0 Å². The lowest BCUT2D eigenvalue weighted by atomic mass is 10.2. The van der Waals surface area contributed by atoms with Gasteiger partial charge in [-0.05, 0) is 31.9 Å². The third-order valence-electron chi connectivity index (χ3n) is 4.12. The number of esters is 1. The number of rotatable bonds is 8. The smallest absolute Gasteiger partial charge is 0.305 e. The van der Waals surface area contributed by atoms with Crippen molar-refractivity contribution in [2.24, 2.45) is 0 Å². The first-order valence-electron chi connectivity index (χ1n) is 8.42. The number of hydrogen-bond acceptors (Lipinski definition) is 4. The zero-order chi connectivity index (χ0) is 15.6. The Balaban J connectivity index is 1.56. The molecule has 1 saturated heterocycles. The van der Waals surface area contributed by atoms with E-state index in [1.54, 1.807) is 0 Å². The zero-order valence-electron chi connectivity index (χ0n) is 13.7. The fourth-order valence-corrected chi connectivity index (χ4v) is 2.85. The average molecular weight is 304 g/mol. The van der Waals surface area contributed by atoms with E-state index in [0.29, 0.717) is 13.0 Å². The van der Waals surface area contributed by atoms with Gasteiger partial charge in [-0.3, -0.25) is 9.69 Å². The monoisotopic (exact) mass is 304 g/mol. The van der Waals surface area contributed by atoms with Gasteiger partial charge in [0.05, 0.1) is 6.61 Å². The summed E-state index contributed by atoms with van der Waals surface area (Å²) in [5.41, 5.74) is 1.39. The molecule has 0 radical (unpaired) electrons. The van der Waals surface area contributed by atoms with Crippen molar-refractivity contribution in [3.8, 4) is 0 Å². The summed E-state index contributed by atoms with van der Waals surface area (Å²) >= 11 is 0. The quantitative estimate of drug-likeness (QED) is 0.546. The minimum Gasteiger partial charge on any atom is -0.466 e. The lowest BCUT2D eigenvalue weighted by Crippen LogP contribution is -2.46. The van der Waals surface area contributed by atoms with Crippen LogP contribution in [0.3, 0.4) is 0 Å². The fraction of sp³-hybridized carbons (Fsp3) is 0.611. The molecule has 0 unspecified atom stereocenters. The second-order valence-electron chi connectivity index (χ2n) is 5.87. The molecule has 0 amide bonds. The van der Waals surface area contributed by atoms with Crippen molar-refractivity contribution >= 4 is 5.97 Å². The summed E-state index contributed by atoms with van der Waals surface area (Å²) in [5, 5.41) is 0. The van der Waals surface area contributed by atoms with Crippen molar-refractivity contribution < 1.29 is 9.53 Å². The Labute approximate surface area is 134 Å². The number of nitrogens with zero attached hydrogens (tertiary/aromatic N) is 2. The molecule has 22 heavy (non-hydrogen) atoms. The molecule has 1 aromatic carbocycles. The number of unbranched alkanes of at least 4 members (excludes halogenated alkanes) is 1. The molecule has 1 aliphatic rings. The maximum Gasteiger partial charge on any atom is 0.305 e. The molecular formula is C18H28N2O2. The van der Waals surface area contributed by atoms with Gasteiger partial charge in [0.2, 0.25) is 0 Å². The number of piperazine rings is 1. The molecule has 4 heteroatoms. The highest BCUT2D eigenvalue weighted by Gasteiger charge is 2.16. The summed E-state index contributed by atoms with van der Waals surface area (Å²) in [6, 6.07) is 10.7. The molecule has 0 saturated carbocycles. The Morgan fingerprint density at radius 3 is 2.41 bits per heavy atom. The van der Waals surface area contributed by atoms with Crippen molar-refractivity contribution in [3.63, 3.8) is 0 Å². The van der Waals surface area contributed by atoms with Crippen LogP contribution in [0.2, 0.25) is 0 Å². The van der Waals surface area contributed by atoms with Crippen LogP contribution in [0.1, 0.15) is 31.7 Å². The molecule has 1 fully saturated rings. The lowest BCUT2D eigenvalue weighted by Gasteiger charge is -2.34. The predicted molar refractivity (Wildman–Crippen MR) is 88.6 cm³/mol. The van der Waals surface area contributed by atoms with Gasteiger partial charge in [-0.15, -0.1) is 0 Å². The Bertz CT molecular complexity index is 428. The summed E-state index contributed by atoms with van der Waals surface area (Å²) in [6.07, 6.45) is 2.57. The second kappa shape index (κ2) is 9.59. The highest BCUT2D eigenvalue weighted by molar-refractivity contribution is 5.69. The number of benzene rings is 1. The molecule has 0 bridgehead atoms. The van der Waals surface area contributed by atoms with Crippen LogP contribution in [0.15, 0.2) is 30.3 Å². The van der Waals surface area contributed by atoms with E-state index in [0.717, 1.165) is 52.1 Å². The molecule has 1 aliphatic heterocycles. The van der Waals surface area contributed by atoms with Gasteiger partial charge in [-0.2, -0.15) is 0 Å². The zero-order valence-corrected chi connectivity index (χ0v) is 13.7. The van der Waals surface area contributed by atoms with Crippen LogP contribution in [-0.4, -0.2) is 55.1 Å². The summed E-state index contributed by atoms with van der Waals surface area (Å²) in [6.45, 7) is 9.02. The first kappa shape index (κ1) is 17.0. The summed E-state index contributed by atoms with van der Waals surface area (Å²) in [4.78, 5) is 16.3. The summed E-state index contributed by atoms with van der Waals surface area (Å²) < 4.78 is 4.95. The topological polar surface area (TPSA) is 32.8 Å². The van der Waals surface area contributed by atoms with Gasteiger partial charge in [0.1, 0.15) is 0 Å². The molecule has 0 aromatic heterocycles. The molecular weight excluding hydrogens is 276 g/mol. The fourth-order valence-electron chi connectivity index (χ4n) is 2.85. The molecule has 2 rings (SSSR count). The van der Waals surface area contributed by atoms with Gasteiger partial charge in [0.15, 0.2) is 0 Å². The van der Waals surface area contributed by atoms with Crippen molar-refractivity contribution in [2.75, 3.05) is 39.3 Å². The van der Waals surface area contributed by atoms with Crippen molar-refractivity contribution in [2.45, 2.75) is 32.7 Å². The SMILES string of the molecule is CCOC(=O)CCCCN1CCN(Cc2ccccc2)CC1. The van der Waals surface area contributed by atoms with E-state index in [4.69, 9.17) is 4.74 Å². The highest BCUT2D eigenvalue weighted by Crippen LogP contribution is 2.09. The van der Waals surface area contributed by atoms with Crippen molar-refractivity contribution in [3.05, 3.63) is 35.9 Å². The van der Waals surface area contributed by atoms with Gasteiger partial charge in [0.25, 0.3) is 0 Å². The van der Waals surface area contributed by atoms with Gasteiger partial charge in [-0.25, -0.2) is 0 Å². The Morgan fingerprint density at radius 2 is 1.73 bits per heavy atom. The van der Waals surface area contributed by atoms with Crippen molar-refractivity contribution in [1.29, 1.82) is 0 Å². The van der Waals surface area contributed by atoms with Gasteiger partial charge in [-0.1, -0.05) is 30.3 Å². The van der Waals surface area contributed by atoms with Crippen LogP contribution in [0, 0.1) is 0 Å². The summed E-state index contributed by atoms with van der Waals surface area (Å²) in [5.74, 6) is -0.0600. The molecule has 0 atom stereocenters. The first-order chi connectivity index (χ1) is 10.8. The third-order valence-corrected chi connectivity index (χ3v) is 4.12. The molecule has 1 aromatic rings. The molecule has 1 heterocycles. The van der Waals surface area contributed by atoms with Gasteiger partial charge in [0, 0.05) is 39.1 Å². The van der Waals surface area contributed by atoms with Crippen LogP contribution < -0.4 is 0 Å². The van der Waals surface area contributed by atoms with Crippen LogP contribution in [0.4, 0.5) is 0 Å². The largest absolute Gasteiger partial charge is 0.466 e. The van der Waals surface area contributed by atoms with E-state index in [-0.39, 0.29) is 5.97 Å². The van der Waals surface area contributed by atoms with Crippen LogP contribution in [-0.2, 0) is 16.1 Å². The molecule has 0 spiro atoms. The maximum atomic E-state index is 11.3. The highest BCUT2D eigenvalue weighted by atomic mass is 16.5. The van der Waals surface area contributed by atoms with Crippen LogP contribution >= 0.6 is 0 Å². The number of hydrogen-bond donors (Lipinski definition) is 0. The normalized spacial score (nSPS) is 16.6. The molecule has 0 aliphatic carbocycles. The third kappa shape index (κ3) is 6.16. The Hall–Kier alpha value is -1.39. The molecule has 0 N–H and O–H groups in total. The Morgan fingerprint density at radius 1 is 1.05 bits per heavy atom. The minimum atomic E-state index is -0.0600. The standard InChI is InChI=1S/C18H28N2O2/c1-2-22-18(21)10-6-7-11-19-12-14-20(15-13-19)16-17-8-4-3-5-9-17/h3-5,8-9H,2,6-7,10-16H2,1H3. The molecule has 122 valence electrons. The average Bonchev–Trinajstić information content (AvgIpc) is 2.54. The second-order valence-corrected chi connectivity index (χ2v) is 5.87. The van der Waals surface area contributed by atoms with Gasteiger partial charge < -0.3 is 9.64 Å². The van der Waals surface area contributed by atoms with E-state index < -0.39 is 0 Å². The lowest BCUT2D eigenvalue weighted by molar-refractivity contribution is -0.143. The van der Waals surface area contributed by atoms with E-state index in [1.807, 2.05) is 6.92 Å². The molecule has 4 nitrogen and oxygen atoms in total. The first-order valence-corrected chi connectivity index (χ1v) is 8.42. The van der Waals surface area contributed by atoms with E-state index >= 15 is 0 Å².